The Morgan fingerprint density at radius 3 is 2.55 bits per heavy atom. The molecule has 0 amide bonds. The standard InChI is InChI=1S/C21H30N6O2/c1-4-28-19-12-17(21(22)23)18(13-20(19)29-15(2)3)27-10-8-26(9-11-27)14-16-6-5-7-24-25-16/h5-7,12-13,15H,4,8-11,14H2,1-3H3,(H3,22,23). The lowest BCUT2D eigenvalue weighted by Gasteiger charge is -2.37. The summed E-state index contributed by atoms with van der Waals surface area (Å²) >= 11 is 0. The van der Waals surface area contributed by atoms with Gasteiger partial charge in [0.1, 0.15) is 5.84 Å². The molecule has 1 saturated heterocycles. The van der Waals surface area contributed by atoms with Crippen molar-refractivity contribution in [1.82, 2.24) is 15.1 Å². The van der Waals surface area contributed by atoms with Crippen LogP contribution < -0.4 is 20.1 Å². The molecule has 0 atom stereocenters. The van der Waals surface area contributed by atoms with Crippen LogP contribution in [-0.2, 0) is 6.54 Å². The van der Waals surface area contributed by atoms with E-state index in [1.165, 1.54) is 0 Å². The molecule has 3 rings (SSSR count). The van der Waals surface area contributed by atoms with Gasteiger partial charge in [0, 0.05) is 50.6 Å². The van der Waals surface area contributed by atoms with Crippen molar-refractivity contribution in [2.45, 2.75) is 33.4 Å². The second kappa shape index (κ2) is 9.56. The number of nitrogens with two attached hydrogens (primary N) is 1. The van der Waals surface area contributed by atoms with E-state index in [4.69, 9.17) is 20.6 Å². The van der Waals surface area contributed by atoms with Gasteiger partial charge < -0.3 is 20.1 Å². The number of nitrogens with one attached hydrogen (secondary N) is 1. The van der Waals surface area contributed by atoms with Gasteiger partial charge in [-0.2, -0.15) is 10.2 Å². The summed E-state index contributed by atoms with van der Waals surface area (Å²) in [6.07, 6.45) is 1.71. The number of ether oxygens (including phenoxy) is 2. The van der Waals surface area contributed by atoms with Crippen LogP contribution in [0, 0.1) is 5.41 Å². The van der Waals surface area contributed by atoms with Crippen LogP contribution in [0.15, 0.2) is 30.5 Å². The van der Waals surface area contributed by atoms with E-state index >= 15 is 0 Å². The lowest BCUT2D eigenvalue weighted by molar-refractivity contribution is 0.223. The summed E-state index contributed by atoms with van der Waals surface area (Å²) in [5.41, 5.74) is 8.46. The smallest absolute Gasteiger partial charge is 0.163 e. The molecule has 8 nitrogen and oxygen atoms in total. The molecule has 1 aliphatic heterocycles. The van der Waals surface area contributed by atoms with E-state index in [1.54, 1.807) is 6.20 Å². The van der Waals surface area contributed by atoms with Crippen molar-refractivity contribution >= 4 is 11.5 Å². The molecule has 2 heterocycles. The minimum absolute atomic E-state index is 0.0223. The maximum Gasteiger partial charge on any atom is 0.163 e. The number of nitrogen functional groups attached to an aromatic ring is 1. The molecule has 2 aromatic rings. The molecule has 29 heavy (non-hydrogen) atoms. The maximum absolute atomic E-state index is 8.05. The first-order valence-corrected chi connectivity index (χ1v) is 10.0. The third-order valence-electron chi connectivity index (χ3n) is 4.74. The average Bonchev–Trinajstić information content (AvgIpc) is 2.70. The molecule has 156 valence electrons. The summed E-state index contributed by atoms with van der Waals surface area (Å²) in [5.74, 6) is 1.33. The van der Waals surface area contributed by atoms with Crippen LogP contribution >= 0.6 is 0 Å². The molecule has 0 radical (unpaired) electrons. The SMILES string of the molecule is CCOc1cc(C(=N)N)c(N2CCN(Cc3cccnn3)CC2)cc1OC(C)C. The topological polar surface area (TPSA) is 101 Å². The number of amidine groups is 1. The molecule has 8 heteroatoms. The van der Waals surface area contributed by atoms with Gasteiger partial charge >= 0.3 is 0 Å². The van der Waals surface area contributed by atoms with E-state index in [1.807, 2.05) is 45.0 Å². The van der Waals surface area contributed by atoms with Gasteiger partial charge in [0.2, 0.25) is 0 Å². The van der Waals surface area contributed by atoms with Crippen LogP contribution in [0.5, 0.6) is 11.5 Å². The quantitative estimate of drug-likeness (QED) is 0.520. The van der Waals surface area contributed by atoms with Gasteiger partial charge in [0.25, 0.3) is 0 Å². The zero-order valence-electron chi connectivity index (χ0n) is 17.4. The zero-order valence-corrected chi connectivity index (χ0v) is 17.4. The number of anilines is 1. The van der Waals surface area contributed by atoms with Crippen molar-refractivity contribution in [2.75, 3.05) is 37.7 Å². The molecule has 0 bridgehead atoms. The van der Waals surface area contributed by atoms with Gasteiger partial charge in [-0.1, -0.05) is 0 Å². The highest BCUT2D eigenvalue weighted by atomic mass is 16.5. The summed E-state index contributed by atoms with van der Waals surface area (Å²) in [7, 11) is 0. The number of nitrogens with zero attached hydrogens (tertiary/aromatic N) is 4. The van der Waals surface area contributed by atoms with Crippen LogP contribution in [0.3, 0.4) is 0 Å². The molecule has 3 N–H and O–H groups in total. The van der Waals surface area contributed by atoms with E-state index in [9.17, 15) is 0 Å². The third-order valence-corrected chi connectivity index (χ3v) is 4.74. The normalized spacial score (nSPS) is 14.8. The van der Waals surface area contributed by atoms with Crippen LogP contribution in [0.25, 0.3) is 0 Å². The van der Waals surface area contributed by atoms with Gasteiger partial charge in [-0.15, -0.1) is 0 Å². The minimum Gasteiger partial charge on any atom is -0.490 e. The summed E-state index contributed by atoms with van der Waals surface area (Å²) in [6.45, 7) is 10.6. The maximum atomic E-state index is 8.05. The first kappa shape index (κ1) is 20.9. The summed E-state index contributed by atoms with van der Waals surface area (Å²) in [6, 6.07) is 7.69. The minimum atomic E-state index is 0.0223. The highest BCUT2D eigenvalue weighted by Crippen LogP contribution is 2.36. The van der Waals surface area contributed by atoms with Crippen LogP contribution in [-0.4, -0.2) is 59.8 Å². The molecule has 1 aromatic heterocycles. The number of hydrogen-bond acceptors (Lipinski definition) is 7. The fourth-order valence-corrected chi connectivity index (χ4v) is 3.43. The van der Waals surface area contributed by atoms with Crippen molar-refractivity contribution in [2.24, 2.45) is 5.73 Å². The predicted molar refractivity (Wildman–Crippen MR) is 114 cm³/mol. The summed E-state index contributed by atoms with van der Waals surface area (Å²) in [4.78, 5) is 4.61. The van der Waals surface area contributed by atoms with E-state index in [0.29, 0.717) is 23.7 Å². The van der Waals surface area contributed by atoms with Crippen molar-refractivity contribution in [3.63, 3.8) is 0 Å². The molecule has 0 aliphatic carbocycles. The van der Waals surface area contributed by atoms with Gasteiger partial charge in [-0.05, 0) is 39.0 Å². The van der Waals surface area contributed by atoms with E-state index in [2.05, 4.69) is 20.0 Å². The second-order valence-electron chi connectivity index (χ2n) is 7.31. The van der Waals surface area contributed by atoms with E-state index in [-0.39, 0.29) is 11.9 Å². The van der Waals surface area contributed by atoms with Gasteiger partial charge in [-0.3, -0.25) is 10.3 Å². The van der Waals surface area contributed by atoms with Gasteiger partial charge in [-0.25, -0.2) is 0 Å². The fraction of sp³-hybridized carbons (Fsp3) is 0.476. The lowest BCUT2D eigenvalue weighted by atomic mass is 10.1. The molecule has 1 aromatic carbocycles. The Kier molecular flexibility index (Phi) is 6.87. The molecule has 1 fully saturated rings. The first-order valence-electron chi connectivity index (χ1n) is 10.0. The van der Waals surface area contributed by atoms with E-state index in [0.717, 1.165) is 44.1 Å². The highest BCUT2D eigenvalue weighted by Gasteiger charge is 2.23. The highest BCUT2D eigenvalue weighted by molar-refractivity contribution is 6.01. The Hall–Kier alpha value is -2.87. The summed E-state index contributed by atoms with van der Waals surface area (Å²) in [5, 5.41) is 16.2. The zero-order chi connectivity index (χ0) is 20.8. The van der Waals surface area contributed by atoms with Gasteiger partial charge in [0.15, 0.2) is 11.5 Å². The fourth-order valence-electron chi connectivity index (χ4n) is 3.43. The molecule has 0 unspecified atom stereocenters. The Labute approximate surface area is 172 Å². The van der Waals surface area contributed by atoms with Crippen molar-refractivity contribution in [3.8, 4) is 11.5 Å². The molecule has 0 spiro atoms. The molecular weight excluding hydrogens is 368 g/mol. The largest absolute Gasteiger partial charge is 0.490 e. The Balaban J connectivity index is 1.79. The Morgan fingerprint density at radius 2 is 1.97 bits per heavy atom. The average molecular weight is 399 g/mol. The predicted octanol–water partition coefficient (Wildman–Crippen LogP) is 2.27. The lowest BCUT2D eigenvalue weighted by Crippen LogP contribution is -2.46. The Bertz CT molecular complexity index is 819. The Morgan fingerprint density at radius 1 is 1.21 bits per heavy atom. The van der Waals surface area contributed by atoms with E-state index < -0.39 is 0 Å². The molecule has 1 aliphatic rings. The number of piperazine rings is 1. The van der Waals surface area contributed by atoms with Gasteiger partial charge in [0.05, 0.1) is 24.1 Å². The number of hydrogen-bond donors (Lipinski definition) is 2. The summed E-state index contributed by atoms with van der Waals surface area (Å²) < 4.78 is 11.7. The second-order valence-corrected chi connectivity index (χ2v) is 7.31. The van der Waals surface area contributed by atoms with Crippen LogP contribution in [0.1, 0.15) is 32.0 Å². The van der Waals surface area contributed by atoms with Crippen molar-refractivity contribution < 1.29 is 9.47 Å². The molecular formula is C21H30N6O2. The van der Waals surface area contributed by atoms with Crippen molar-refractivity contribution in [3.05, 3.63) is 41.7 Å². The molecule has 0 saturated carbocycles. The monoisotopic (exact) mass is 398 g/mol. The first-order chi connectivity index (χ1) is 14.0. The van der Waals surface area contributed by atoms with Crippen LogP contribution in [0.2, 0.25) is 0 Å². The van der Waals surface area contributed by atoms with Crippen LogP contribution in [0.4, 0.5) is 5.69 Å². The number of aromatic nitrogens is 2. The number of rotatable bonds is 8. The number of benzene rings is 1. The van der Waals surface area contributed by atoms with Crippen molar-refractivity contribution in [1.29, 1.82) is 5.41 Å². The third kappa shape index (κ3) is 5.35.